The van der Waals surface area contributed by atoms with Crippen LogP contribution in [0.5, 0.6) is 34.5 Å². The van der Waals surface area contributed by atoms with Gasteiger partial charge < -0.3 is 28.4 Å². The van der Waals surface area contributed by atoms with Crippen molar-refractivity contribution in [2.75, 3.05) is 26.8 Å². The standard InChI is InChI=1S/C17H16O6/c1(6-18-12-2-4-14-16(8-12)22-10-20-14)7-19-13-3-5-15-17(9-13)23-11-21-15/h2-5,8-9H,1,6-7,10-11H2. The Morgan fingerprint density at radius 2 is 1.13 bits per heavy atom. The third-order valence-electron chi connectivity index (χ3n) is 3.51. The molecule has 0 atom stereocenters. The summed E-state index contributed by atoms with van der Waals surface area (Å²) in [4.78, 5) is 0. The molecule has 0 saturated heterocycles. The lowest BCUT2D eigenvalue weighted by Gasteiger charge is -2.09. The SMILES string of the molecule is c1cc2c(cc1OCCCOc1ccc3c(c1)OCO3)OCO2. The highest BCUT2D eigenvalue weighted by Gasteiger charge is 2.14. The number of rotatable bonds is 6. The van der Waals surface area contributed by atoms with Crippen LogP contribution in [0.1, 0.15) is 6.42 Å². The number of fused-ring (bicyclic) bond motifs is 2. The van der Waals surface area contributed by atoms with Crippen molar-refractivity contribution in [1.82, 2.24) is 0 Å². The number of ether oxygens (including phenoxy) is 6. The molecule has 2 aliphatic heterocycles. The van der Waals surface area contributed by atoms with E-state index in [0.717, 1.165) is 40.9 Å². The molecule has 0 aromatic heterocycles. The number of hydrogen-bond acceptors (Lipinski definition) is 6. The maximum Gasteiger partial charge on any atom is 0.231 e. The molecule has 120 valence electrons. The first-order chi connectivity index (χ1) is 11.4. The topological polar surface area (TPSA) is 55.4 Å². The van der Waals surface area contributed by atoms with E-state index in [2.05, 4.69) is 0 Å². The molecule has 6 nitrogen and oxygen atoms in total. The molecule has 0 unspecified atom stereocenters. The predicted octanol–water partition coefficient (Wildman–Crippen LogP) is 2.99. The first-order valence-electron chi connectivity index (χ1n) is 7.43. The van der Waals surface area contributed by atoms with E-state index in [1.54, 1.807) is 0 Å². The summed E-state index contributed by atoms with van der Waals surface area (Å²) in [6.07, 6.45) is 0.767. The molecule has 0 radical (unpaired) electrons. The zero-order chi connectivity index (χ0) is 15.5. The van der Waals surface area contributed by atoms with Gasteiger partial charge in [0.05, 0.1) is 13.2 Å². The van der Waals surface area contributed by atoms with Gasteiger partial charge >= 0.3 is 0 Å². The molecule has 2 aromatic rings. The molecular formula is C17H16O6. The molecular weight excluding hydrogens is 300 g/mol. The molecule has 0 N–H and O–H groups in total. The highest BCUT2D eigenvalue weighted by molar-refractivity contribution is 5.47. The summed E-state index contributed by atoms with van der Waals surface area (Å²) in [7, 11) is 0. The summed E-state index contributed by atoms with van der Waals surface area (Å²) in [6.45, 7) is 1.65. The van der Waals surface area contributed by atoms with Crippen LogP contribution >= 0.6 is 0 Å². The van der Waals surface area contributed by atoms with E-state index in [1.165, 1.54) is 0 Å². The zero-order valence-corrected chi connectivity index (χ0v) is 12.4. The third kappa shape index (κ3) is 3.06. The molecule has 23 heavy (non-hydrogen) atoms. The van der Waals surface area contributed by atoms with Crippen LogP contribution in [0.3, 0.4) is 0 Å². The van der Waals surface area contributed by atoms with Gasteiger partial charge in [0, 0.05) is 18.6 Å². The molecule has 2 aromatic carbocycles. The Morgan fingerprint density at radius 3 is 1.65 bits per heavy atom. The Bertz CT molecular complexity index is 640. The van der Waals surface area contributed by atoms with Gasteiger partial charge in [0.2, 0.25) is 13.6 Å². The van der Waals surface area contributed by atoms with Crippen molar-refractivity contribution < 1.29 is 28.4 Å². The van der Waals surface area contributed by atoms with Crippen LogP contribution in [0, 0.1) is 0 Å². The summed E-state index contributed by atoms with van der Waals surface area (Å²) in [5, 5.41) is 0. The van der Waals surface area contributed by atoms with Gasteiger partial charge in [-0.1, -0.05) is 0 Å². The molecule has 6 heteroatoms. The Hall–Kier alpha value is -2.76. The number of hydrogen-bond donors (Lipinski definition) is 0. The molecule has 0 spiro atoms. The minimum absolute atomic E-state index is 0.266. The smallest absolute Gasteiger partial charge is 0.231 e. The highest BCUT2D eigenvalue weighted by Crippen LogP contribution is 2.36. The van der Waals surface area contributed by atoms with E-state index in [4.69, 9.17) is 28.4 Å². The Balaban J connectivity index is 1.22. The van der Waals surface area contributed by atoms with Crippen LogP contribution in [0.2, 0.25) is 0 Å². The summed E-state index contributed by atoms with van der Waals surface area (Å²) < 4.78 is 32.5. The second kappa shape index (κ2) is 6.16. The van der Waals surface area contributed by atoms with Crippen molar-refractivity contribution >= 4 is 0 Å². The van der Waals surface area contributed by atoms with E-state index >= 15 is 0 Å². The quantitative estimate of drug-likeness (QED) is 0.764. The molecule has 0 fully saturated rings. The maximum absolute atomic E-state index is 5.68. The summed E-state index contributed by atoms with van der Waals surface area (Å²) in [5.41, 5.74) is 0. The maximum atomic E-state index is 5.68. The highest BCUT2D eigenvalue weighted by atomic mass is 16.7. The summed E-state index contributed by atoms with van der Waals surface area (Å²) >= 11 is 0. The normalized spacial score (nSPS) is 13.9. The molecule has 4 rings (SSSR count). The molecule has 2 heterocycles. The Labute approximate surface area is 133 Å². The van der Waals surface area contributed by atoms with Crippen molar-refractivity contribution in [1.29, 1.82) is 0 Å². The van der Waals surface area contributed by atoms with Crippen molar-refractivity contribution in [3.8, 4) is 34.5 Å². The van der Waals surface area contributed by atoms with E-state index in [1.807, 2.05) is 36.4 Å². The fourth-order valence-electron chi connectivity index (χ4n) is 2.37. The van der Waals surface area contributed by atoms with Gasteiger partial charge in [0.1, 0.15) is 11.5 Å². The largest absolute Gasteiger partial charge is 0.493 e. The second-order valence-corrected chi connectivity index (χ2v) is 5.08. The van der Waals surface area contributed by atoms with Crippen LogP contribution < -0.4 is 28.4 Å². The first kappa shape index (κ1) is 13.9. The predicted molar refractivity (Wildman–Crippen MR) is 80.7 cm³/mol. The first-order valence-corrected chi connectivity index (χ1v) is 7.43. The van der Waals surface area contributed by atoms with Gasteiger partial charge in [0.15, 0.2) is 23.0 Å². The average Bonchev–Trinajstić information content (AvgIpc) is 3.22. The van der Waals surface area contributed by atoms with Crippen LogP contribution in [-0.4, -0.2) is 26.8 Å². The van der Waals surface area contributed by atoms with Crippen molar-refractivity contribution in [3.63, 3.8) is 0 Å². The minimum atomic E-state index is 0.266. The van der Waals surface area contributed by atoms with Crippen molar-refractivity contribution in [3.05, 3.63) is 36.4 Å². The lowest BCUT2D eigenvalue weighted by Crippen LogP contribution is -2.05. The summed E-state index contributed by atoms with van der Waals surface area (Å²) in [6, 6.07) is 11.1. The van der Waals surface area contributed by atoms with Gasteiger partial charge in [-0.25, -0.2) is 0 Å². The fraction of sp³-hybridized carbons (Fsp3) is 0.294. The van der Waals surface area contributed by atoms with Gasteiger partial charge in [-0.05, 0) is 24.3 Å². The fourth-order valence-corrected chi connectivity index (χ4v) is 2.37. The molecule has 0 saturated carbocycles. The van der Waals surface area contributed by atoms with E-state index in [9.17, 15) is 0 Å². The molecule has 2 aliphatic rings. The van der Waals surface area contributed by atoms with E-state index < -0.39 is 0 Å². The zero-order valence-electron chi connectivity index (χ0n) is 12.4. The second-order valence-electron chi connectivity index (χ2n) is 5.08. The van der Waals surface area contributed by atoms with Crippen LogP contribution in [0.25, 0.3) is 0 Å². The molecule has 0 aliphatic carbocycles. The average molecular weight is 316 g/mol. The lowest BCUT2D eigenvalue weighted by atomic mass is 10.3. The van der Waals surface area contributed by atoms with Gasteiger partial charge in [0.25, 0.3) is 0 Å². The summed E-state index contributed by atoms with van der Waals surface area (Å²) in [5.74, 6) is 4.47. The van der Waals surface area contributed by atoms with Crippen LogP contribution in [0.4, 0.5) is 0 Å². The number of benzene rings is 2. The van der Waals surface area contributed by atoms with E-state index in [0.29, 0.717) is 13.2 Å². The van der Waals surface area contributed by atoms with Gasteiger partial charge in [-0.15, -0.1) is 0 Å². The van der Waals surface area contributed by atoms with Crippen LogP contribution in [0.15, 0.2) is 36.4 Å². The lowest BCUT2D eigenvalue weighted by molar-refractivity contribution is 0.173. The minimum Gasteiger partial charge on any atom is -0.493 e. The van der Waals surface area contributed by atoms with Crippen molar-refractivity contribution in [2.45, 2.75) is 6.42 Å². The Morgan fingerprint density at radius 1 is 0.652 bits per heavy atom. The van der Waals surface area contributed by atoms with Gasteiger partial charge in [-0.2, -0.15) is 0 Å². The monoisotopic (exact) mass is 316 g/mol. The van der Waals surface area contributed by atoms with Gasteiger partial charge in [-0.3, -0.25) is 0 Å². The third-order valence-corrected chi connectivity index (χ3v) is 3.51. The van der Waals surface area contributed by atoms with Crippen LogP contribution in [-0.2, 0) is 0 Å². The molecule has 0 bridgehead atoms. The Kier molecular flexibility index (Phi) is 3.71. The van der Waals surface area contributed by atoms with E-state index in [-0.39, 0.29) is 13.6 Å². The van der Waals surface area contributed by atoms with Crippen molar-refractivity contribution in [2.24, 2.45) is 0 Å². The molecule has 0 amide bonds.